The second-order valence-corrected chi connectivity index (χ2v) is 3.89. The summed E-state index contributed by atoms with van der Waals surface area (Å²) < 4.78 is 0. The molecule has 0 amide bonds. The van der Waals surface area contributed by atoms with E-state index in [0.717, 1.165) is 12.8 Å². The van der Waals surface area contributed by atoms with Crippen molar-refractivity contribution in [3.05, 3.63) is 22.8 Å². The largest absolute Gasteiger partial charge is 0.391 e. The van der Waals surface area contributed by atoms with Crippen LogP contribution in [0.1, 0.15) is 25.3 Å². The SMILES string of the molecule is CCCC(O)CNc1cc(C#N)cc(Cl)n1. The van der Waals surface area contributed by atoms with Gasteiger partial charge < -0.3 is 10.4 Å². The first-order valence-corrected chi connectivity index (χ1v) is 5.53. The third-order valence-corrected chi connectivity index (χ3v) is 2.26. The van der Waals surface area contributed by atoms with E-state index in [-0.39, 0.29) is 5.15 Å². The fourth-order valence-electron chi connectivity index (χ4n) is 1.31. The number of hydrogen-bond acceptors (Lipinski definition) is 4. The number of rotatable bonds is 5. The van der Waals surface area contributed by atoms with Gasteiger partial charge in [0.25, 0.3) is 0 Å². The maximum absolute atomic E-state index is 9.52. The summed E-state index contributed by atoms with van der Waals surface area (Å²) in [6.45, 7) is 2.42. The summed E-state index contributed by atoms with van der Waals surface area (Å²) in [6, 6.07) is 5.09. The number of anilines is 1. The number of aliphatic hydroxyl groups is 1. The van der Waals surface area contributed by atoms with E-state index >= 15 is 0 Å². The molecule has 0 saturated carbocycles. The number of hydrogen-bond donors (Lipinski definition) is 2. The third kappa shape index (κ3) is 4.05. The van der Waals surface area contributed by atoms with Crippen molar-refractivity contribution in [2.75, 3.05) is 11.9 Å². The minimum atomic E-state index is -0.406. The minimum absolute atomic E-state index is 0.270. The van der Waals surface area contributed by atoms with Gasteiger partial charge in [-0.3, -0.25) is 0 Å². The lowest BCUT2D eigenvalue weighted by atomic mass is 10.2. The Morgan fingerprint density at radius 3 is 3.00 bits per heavy atom. The monoisotopic (exact) mass is 239 g/mol. The summed E-state index contributed by atoms with van der Waals surface area (Å²) in [6.07, 6.45) is 1.25. The molecule has 2 N–H and O–H groups in total. The summed E-state index contributed by atoms with van der Waals surface area (Å²) in [5.74, 6) is 0.513. The highest BCUT2D eigenvalue weighted by Gasteiger charge is 2.04. The summed E-state index contributed by atoms with van der Waals surface area (Å²) in [5, 5.41) is 21.5. The highest BCUT2D eigenvalue weighted by Crippen LogP contribution is 2.13. The molecule has 86 valence electrons. The van der Waals surface area contributed by atoms with Gasteiger partial charge in [0, 0.05) is 6.54 Å². The molecule has 1 rings (SSSR count). The zero-order chi connectivity index (χ0) is 12.0. The van der Waals surface area contributed by atoms with Crippen molar-refractivity contribution >= 4 is 17.4 Å². The molecule has 0 aliphatic heterocycles. The first-order chi connectivity index (χ1) is 7.65. The van der Waals surface area contributed by atoms with Gasteiger partial charge in [-0.2, -0.15) is 5.26 Å². The molecular weight excluding hydrogens is 226 g/mol. The predicted octanol–water partition coefficient (Wildman–Crippen LogP) is 2.18. The molecule has 0 saturated heterocycles. The van der Waals surface area contributed by atoms with Crippen LogP contribution < -0.4 is 5.32 Å². The van der Waals surface area contributed by atoms with E-state index in [1.54, 1.807) is 6.07 Å². The molecule has 0 spiro atoms. The molecule has 5 heteroatoms. The van der Waals surface area contributed by atoms with E-state index < -0.39 is 6.10 Å². The van der Waals surface area contributed by atoms with Crippen LogP contribution in [0.2, 0.25) is 5.15 Å². The molecule has 0 aliphatic rings. The number of halogens is 1. The van der Waals surface area contributed by atoms with E-state index in [4.69, 9.17) is 16.9 Å². The van der Waals surface area contributed by atoms with Crippen LogP contribution in [0.25, 0.3) is 0 Å². The Bertz CT molecular complexity index is 389. The van der Waals surface area contributed by atoms with Crippen LogP contribution in [0.3, 0.4) is 0 Å². The summed E-state index contributed by atoms with van der Waals surface area (Å²) in [4.78, 5) is 4.01. The third-order valence-electron chi connectivity index (χ3n) is 2.06. The number of nitrogens with zero attached hydrogens (tertiary/aromatic N) is 2. The zero-order valence-electron chi connectivity index (χ0n) is 9.07. The highest BCUT2D eigenvalue weighted by molar-refractivity contribution is 6.29. The molecule has 1 unspecified atom stereocenters. The average molecular weight is 240 g/mol. The lowest BCUT2D eigenvalue weighted by Crippen LogP contribution is -2.19. The van der Waals surface area contributed by atoms with Gasteiger partial charge in [-0.15, -0.1) is 0 Å². The first-order valence-electron chi connectivity index (χ1n) is 5.15. The molecular formula is C11H14ClN3O. The summed E-state index contributed by atoms with van der Waals surface area (Å²) in [7, 11) is 0. The molecule has 0 bridgehead atoms. The zero-order valence-corrected chi connectivity index (χ0v) is 9.83. The summed E-state index contributed by atoms with van der Waals surface area (Å²) in [5.41, 5.74) is 0.451. The standard InChI is InChI=1S/C11H14ClN3O/c1-2-3-9(16)7-14-11-5-8(6-13)4-10(12)15-11/h4-5,9,16H,2-3,7H2,1H3,(H,14,15). The average Bonchev–Trinajstić information content (AvgIpc) is 2.26. The van der Waals surface area contributed by atoms with Gasteiger partial charge in [-0.05, 0) is 18.6 Å². The van der Waals surface area contributed by atoms with Gasteiger partial charge in [0.15, 0.2) is 0 Å². The number of aromatic nitrogens is 1. The normalized spacial score (nSPS) is 11.9. The van der Waals surface area contributed by atoms with Crippen molar-refractivity contribution in [2.45, 2.75) is 25.9 Å². The van der Waals surface area contributed by atoms with Crippen molar-refractivity contribution < 1.29 is 5.11 Å². The van der Waals surface area contributed by atoms with Crippen LogP contribution in [-0.2, 0) is 0 Å². The van der Waals surface area contributed by atoms with Gasteiger partial charge in [-0.1, -0.05) is 24.9 Å². The van der Waals surface area contributed by atoms with E-state index in [0.29, 0.717) is 17.9 Å². The Balaban J connectivity index is 2.60. The quantitative estimate of drug-likeness (QED) is 0.773. The second-order valence-electron chi connectivity index (χ2n) is 3.50. The van der Waals surface area contributed by atoms with Gasteiger partial charge in [0.05, 0.1) is 17.7 Å². The number of aliphatic hydroxyl groups excluding tert-OH is 1. The van der Waals surface area contributed by atoms with Crippen molar-refractivity contribution in [1.29, 1.82) is 5.26 Å². The molecule has 1 aromatic heterocycles. The van der Waals surface area contributed by atoms with Crippen LogP contribution in [0.4, 0.5) is 5.82 Å². The minimum Gasteiger partial charge on any atom is -0.391 e. The molecule has 1 aromatic rings. The van der Waals surface area contributed by atoms with Gasteiger partial charge in [0.1, 0.15) is 11.0 Å². The van der Waals surface area contributed by atoms with Crippen molar-refractivity contribution in [3.8, 4) is 6.07 Å². The summed E-state index contributed by atoms with van der Waals surface area (Å²) >= 11 is 5.74. The molecule has 4 nitrogen and oxygen atoms in total. The lowest BCUT2D eigenvalue weighted by Gasteiger charge is -2.11. The Labute approximate surface area is 99.9 Å². The van der Waals surface area contributed by atoms with Gasteiger partial charge >= 0.3 is 0 Å². The Morgan fingerprint density at radius 1 is 1.62 bits per heavy atom. The van der Waals surface area contributed by atoms with E-state index in [9.17, 15) is 5.11 Å². The highest BCUT2D eigenvalue weighted by atomic mass is 35.5. The fraction of sp³-hybridized carbons (Fsp3) is 0.455. The maximum Gasteiger partial charge on any atom is 0.132 e. The topological polar surface area (TPSA) is 68.9 Å². The first kappa shape index (κ1) is 12.8. The lowest BCUT2D eigenvalue weighted by molar-refractivity contribution is 0.176. The fourth-order valence-corrected chi connectivity index (χ4v) is 1.52. The van der Waals surface area contributed by atoms with Crippen LogP contribution in [-0.4, -0.2) is 22.7 Å². The smallest absolute Gasteiger partial charge is 0.132 e. The Hall–Kier alpha value is -1.31. The van der Waals surface area contributed by atoms with Crippen molar-refractivity contribution in [1.82, 2.24) is 4.98 Å². The van der Waals surface area contributed by atoms with E-state index in [1.807, 2.05) is 13.0 Å². The molecule has 1 atom stereocenters. The molecule has 0 aromatic carbocycles. The van der Waals surface area contributed by atoms with Crippen LogP contribution >= 0.6 is 11.6 Å². The van der Waals surface area contributed by atoms with Crippen molar-refractivity contribution in [2.24, 2.45) is 0 Å². The number of pyridine rings is 1. The molecule has 16 heavy (non-hydrogen) atoms. The number of nitrogens with one attached hydrogen (secondary N) is 1. The Kier molecular flexibility index (Phi) is 5.03. The van der Waals surface area contributed by atoms with E-state index in [2.05, 4.69) is 10.3 Å². The molecule has 1 heterocycles. The predicted molar refractivity (Wildman–Crippen MR) is 63.4 cm³/mol. The van der Waals surface area contributed by atoms with Crippen LogP contribution in [0.15, 0.2) is 12.1 Å². The molecule has 0 aliphatic carbocycles. The van der Waals surface area contributed by atoms with Gasteiger partial charge in [0.2, 0.25) is 0 Å². The van der Waals surface area contributed by atoms with Crippen LogP contribution in [0.5, 0.6) is 0 Å². The Morgan fingerprint density at radius 2 is 2.38 bits per heavy atom. The van der Waals surface area contributed by atoms with Crippen molar-refractivity contribution in [3.63, 3.8) is 0 Å². The van der Waals surface area contributed by atoms with Gasteiger partial charge in [-0.25, -0.2) is 4.98 Å². The molecule has 0 radical (unpaired) electrons. The maximum atomic E-state index is 9.52. The van der Waals surface area contributed by atoms with E-state index in [1.165, 1.54) is 6.07 Å². The second kappa shape index (κ2) is 6.31. The number of nitriles is 1. The van der Waals surface area contributed by atoms with Crippen LogP contribution in [0, 0.1) is 11.3 Å². The molecule has 0 fully saturated rings.